The second-order valence-corrected chi connectivity index (χ2v) is 5.02. The van der Waals surface area contributed by atoms with Crippen LogP contribution in [0.3, 0.4) is 0 Å². The maximum absolute atomic E-state index is 12.1. The molecular weight excluding hydrogens is 256 g/mol. The van der Waals surface area contributed by atoms with Gasteiger partial charge in [-0.05, 0) is 24.3 Å². The third kappa shape index (κ3) is 2.65. The third-order valence-electron chi connectivity index (χ3n) is 2.21. The van der Waals surface area contributed by atoms with Gasteiger partial charge >= 0.3 is 0 Å². The molecule has 0 atom stereocenters. The summed E-state index contributed by atoms with van der Waals surface area (Å²) in [6.07, 6.45) is 0. The molecule has 2 rings (SSSR count). The standard InChI is InChI=1S/C12H11ClN2OS/c1-15(2)12-14-10(7-17-12)11(16)8-3-5-9(13)6-4-8/h3-7H,1-2H3. The Hall–Kier alpha value is -1.39. The van der Waals surface area contributed by atoms with Crippen LogP contribution in [-0.2, 0) is 0 Å². The molecule has 0 aliphatic carbocycles. The lowest BCUT2D eigenvalue weighted by Crippen LogP contribution is -2.09. The van der Waals surface area contributed by atoms with E-state index in [9.17, 15) is 4.79 Å². The van der Waals surface area contributed by atoms with Gasteiger partial charge in [0.25, 0.3) is 0 Å². The number of hydrogen-bond acceptors (Lipinski definition) is 4. The van der Waals surface area contributed by atoms with Crippen LogP contribution in [0.1, 0.15) is 16.1 Å². The number of benzene rings is 1. The molecule has 1 aromatic heterocycles. The number of aromatic nitrogens is 1. The van der Waals surface area contributed by atoms with Crippen LogP contribution >= 0.6 is 22.9 Å². The van der Waals surface area contributed by atoms with Crippen molar-refractivity contribution in [2.24, 2.45) is 0 Å². The topological polar surface area (TPSA) is 33.2 Å². The van der Waals surface area contributed by atoms with Crippen LogP contribution < -0.4 is 4.90 Å². The fourth-order valence-electron chi connectivity index (χ4n) is 1.32. The van der Waals surface area contributed by atoms with E-state index in [4.69, 9.17) is 11.6 Å². The normalized spacial score (nSPS) is 10.3. The molecule has 0 spiro atoms. The molecule has 2 aromatic rings. The number of rotatable bonds is 3. The lowest BCUT2D eigenvalue weighted by molar-refractivity contribution is 0.103. The maximum Gasteiger partial charge on any atom is 0.212 e. The number of carbonyl (C=O) groups excluding carboxylic acids is 1. The fraction of sp³-hybridized carbons (Fsp3) is 0.167. The molecule has 1 aromatic carbocycles. The first kappa shape index (κ1) is 12.1. The zero-order chi connectivity index (χ0) is 12.4. The van der Waals surface area contributed by atoms with Crippen LogP contribution in [0.4, 0.5) is 5.13 Å². The molecule has 1 heterocycles. The highest BCUT2D eigenvalue weighted by Gasteiger charge is 2.13. The summed E-state index contributed by atoms with van der Waals surface area (Å²) >= 11 is 7.23. The minimum absolute atomic E-state index is 0.0778. The Kier molecular flexibility index (Phi) is 3.45. The highest BCUT2D eigenvalue weighted by atomic mass is 35.5. The molecule has 0 saturated heterocycles. The summed E-state index contributed by atoms with van der Waals surface area (Å²) < 4.78 is 0. The third-order valence-corrected chi connectivity index (χ3v) is 3.47. The first-order valence-corrected chi connectivity index (χ1v) is 6.27. The first-order chi connectivity index (χ1) is 8.08. The SMILES string of the molecule is CN(C)c1nc(C(=O)c2ccc(Cl)cc2)cs1. The van der Waals surface area contributed by atoms with E-state index in [1.165, 1.54) is 11.3 Å². The van der Waals surface area contributed by atoms with Crippen molar-refractivity contribution in [3.8, 4) is 0 Å². The van der Waals surface area contributed by atoms with Crippen molar-refractivity contribution >= 4 is 33.9 Å². The summed E-state index contributed by atoms with van der Waals surface area (Å²) in [5, 5.41) is 3.21. The van der Waals surface area contributed by atoms with Crippen molar-refractivity contribution in [1.29, 1.82) is 0 Å². The molecule has 0 amide bonds. The first-order valence-electron chi connectivity index (χ1n) is 5.01. The predicted octanol–water partition coefficient (Wildman–Crippen LogP) is 3.09. The minimum atomic E-state index is -0.0778. The molecule has 0 aliphatic rings. The zero-order valence-electron chi connectivity index (χ0n) is 9.48. The Balaban J connectivity index is 2.27. The second-order valence-electron chi connectivity index (χ2n) is 3.75. The average molecular weight is 267 g/mol. The van der Waals surface area contributed by atoms with Gasteiger partial charge in [-0.2, -0.15) is 0 Å². The van der Waals surface area contributed by atoms with Gasteiger partial charge in [-0.15, -0.1) is 11.3 Å². The molecule has 5 heteroatoms. The zero-order valence-corrected chi connectivity index (χ0v) is 11.0. The molecule has 0 bridgehead atoms. The van der Waals surface area contributed by atoms with Gasteiger partial charge in [-0.1, -0.05) is 11.6 Å². The Bertz CT molecular complexity index is 534. The van der Waals surface area contributed by atoms with E-state index in [2.05, 4.69) is 4.98 Å². The number of hydrogen-bond donors (Lipinski definition) is 0. The van der Waals surface area contributed by atoms with E-state index in [1.54, 1.807) is 29.6 Å². The molecule has 3 nitrogen and oxygen atoms in total. The van der Waals surface area contributed by atoms with E-state index >= 15 is 0 Å². The van der Waals surface area contributed by atoms with Crippen molar-refractivity contribution in [1.82, 2.24) is 4.98 Å². The van der Waals surface area contributed by atoms with Gasteiger partial charge in [0.1, 0.15) is 5.69 Å². The molecule has 0 N–H and O–H groups in total. The number of thiazole rings is 1. The molecule has 0 saturated carbocycles. The highest BCUT2D eigenvalue weighted by Crippen LogP contribution is 2.20. The van der Waals surface area contributed by atoms with Crippen LogP contribution in [0.2, 0.25) is 5.02 Å². The molecule has 0 aliphatic heterocycles. The number of carbonyl (C=O) groups is 1. The molecule has 88 valence electrons. The van der Waals surface area contributed by atoms with Crippen molar-refractivity contribution < 1.29 is 4.79 Å². The largest absolute Gasteiger partial charge is 0.354 e. The Morgan fingerprint density at radius 2 is 1.94 bits per heavy atom. The van der Waals surface area contributed by atoms with Crippen LogP contribution in [0.15, 0.2) is 29.6 Å². The summed E-state index contributed by atoms with van der Waals surface area (Å²) in [6.45, 7) is 0. The van der Waals surface area contributed by atoms with Crippen molar-refractivity contribution in [2.45, 2.75) is 0 Å². The summed E-state index contributed by atoms with van der Waals surface area (Å²) in [5.41, 5.74) is 1.08. The van der Waals surface area contributed by atoms with Gasteiger partial charge in [0.15, 0.2) is 5.13 Å². The second kappa shape index (κ2) is 4.85. The molecule has 17 heavy (non-hydrogen) atoms. The average Bonchev–Trinajstić information content (AvgIpc) is 2.78. The smallest absolute Gasteiger partial charge is 0.212 e. The van der Waals surface area contributed by atoms with Gasteiger partial charge in [-0.25, -0.2) is 4.98 Å². The summed E-state index contributed by atoms with van der Waals surface area (Å²) in [4.78, 5) is 18.2. The van der Waals surface area contributed by atoms with Crippen molar-refractivity contribution in [3.05, 3.63) is 45.9 Å². The highest BCUT2D eigenvalue weighted by molar-refractivity contribution is 7.13. The summed E-state index contributed by atoms with van der Waals surface area (Å²) in [5.74, 6) is -0.0778. The molecular formula is C12H11ClN2OS. The summed E-state index contributed by atoms with van der Waals surface area (Å²) in [7, 11) is 3.80. The van der Waals surface area contributed by atoms with Gasteiger partial charge in [0.2, 0.25) is 5.78 Å². The van der Waals surface area contributed by atoms with E-state index < -0.39 is 0 Å². The molecule has 0 fully saturated rings. The monoisotopic (exact) mass is 266 g/mol. The van der Waals surface area contributed by atoms with Gasteiger partial charge in [0, 0.05) is 30.1 Å². The Labute approximate surface area is 109 Å². The fourth-order valence-corrected chi connectivity index (χ4v) is 2.19. The van der Waals surface area contributed by atoms with Crippen molar-refractivity contribution in [3.63, 3.8) is 0 Å². The minimum Gasteiger partial charge on any atom is -0.354 e. The molecule has 0 unspecified atom stereocenters. The van der Waals surface area contributed by atoms with Crippen LogP contribution in [0.5, 0.6) is 0 Å². The number of nitrogens with zero attached hydrogens (tertiary/aromatic N) is 2. The number of anilines is 1. The number of halogens is 1. The lowest BCUT2D eigenvalue weighted by atomic mass is 10.1. The maximum atomic E-state index is 12.1. The van der Waals surface area contributed by atoms with Crippen molar-refractivity contribution in [2.75, 3.05) is 19.0 Å². The van der Waals surface area contributed by atoms with E-state index in [0.717, 1.165) is 5.13 Å². The van der Waals surface area contributed by atoms with E-state index in [1.807, 2.05) is 19.0 Å². The lowest BCUT2D eigenvalue weighted by Gasteiger charge is -2.05. The predicted molar refractivity (Wildman–Crippen MR) is 71.3 cm³/mol. The van der Waals surface area contributed by atoms with Gasteiger partial charge in [-0.3, -0.25) is 4.79 Å². The van der Waals surface area contributed by atoms with E-state index in [-0.39, 0.29) is 5.78 Å². The van der Waals surface area contributed by atoms with Gasteiger partial charge < -0.3 is 4.90 Å². The molecule has 0 radical (unpaired) electrons. The Morgan fingerprint density at radius 1 is 1.29 bits per heavy atom. The summed E-state index contributed by atoms with van der Waals surface area (Å²) in [6, 6.07) is 6.82. The van der Waals surface area contributed by atoms with Crippen LogP contribution in [-0.4, -0.2) is 24.9 Å². The van der Waals surface area contributed by atoms with Crippen LogP contribution in [0, 0.1) is 0 Å². The number of ketones is 1. The van der Waals surface area contributed by atoms with E-state index in [0.29, 0.717) is 16.3 Å². The quantitative estimate of drug-likeness (QED) is 0.801. The van der Waals surface area contributed by atoms with Crippen LogP contribution in [0.25, 0.3) is 0 Å². The Morgan fingerprint density at radius 3 is 2.47 bits per heavy atom. The van der Waals surface area contributed by atoms with Gasteiger partial charge in [0.05, 0.1) is 0 Å².